The number of ether oxygens (including phenoxy) is 1. The van der Waals surface area contributed by atoms with Gasteiger partial charge in [0.05, 0.1) is 30.6 Å². The lowest BCUT2D eigenvalue weighted by Crippen LogP contribution is -2.46. The highest BCUT2D eigenvalue weighted by atomic mass is 16.5. The van der Waals surface area contributed by atoms with Crippen molar-refractivity contribution in [1.29, 1.82) is 0 Å². The summed E-state index contributed by atoms with van der Waals surface area (Å²) in [5.41, 5.74) is 1.34. The number of nitrogens with zero attached hydrogens (tertiary/aromatic N) is 4. The number of aryl methyl sites for hydroxylation is 2. The number of carbonyl (C=O) groups is 2. The van der Waals surface area contributed by atoms with Gasteiger partial charge in [0.1, 0.15) is 5.92 Å². The number of amides is 2. The fourth-order valence-electron chi connectivity index (χ4n) is 2.00. The Morgan fingerprint density at radius 2 is 2.00 bits per heavy atom. The standard InChI is InChI=1S/C12H17N5O4/c1-6-7(2)15-16-11(13-6)14-12(20)17(3)9-5-21-4-8(9)10(18)19/h8-9H,4-5H2,1-3H3,(H,18,19)(H,13,14,16,20). The van der Waals surface area contributed by atoms with Crippen molar-refractivity contribution in [1.82, 2.24) is 20.1 Å². The third-order valence-corrected chi connectivity index (χ3v) is 3.50. The number of anilines is 1. The largest absolute Gasteiger partial charge is 0.481 e. The number of aliphatic carboxylic acids is 1. The van der Waals surface area contributed by atoms with Gasteiger partial charge in [0.25, 0.3) is 5.95 Å². The van der Waals surface area contributed by atoms with Gasteiger partial charge >= 0.3 is 12.0 Å². The van der Waals surface area contributed by atoms with E-state index in [4.69, 9.17) is 9.84 Å². The summed E-state index contributed by atoms with van der Waals surface area (Å²) in [6.07, 6.45) is 0. The Labute approximate surface area is 121 Å². The topological polar surface area (TPSA) is 118 Å². The average Bonchev–Trinajstić information content (AvgIpc) is 2.91. The van der Waals surface area contributed by atoms with Crippen molar-refractivity contribution in [2.45, 2.75) is 19.9 Å². The molecule has 1 fully saturated rings. The van der Waals surface area contributed by atoms with Gasteiger partial charge in [0.15, 0.2) is 0 Å². The molecule has 0 bridgehead atoms. The fourth-order valence-corrected chi connectivity index (χ4v) is 2.00. The first-order valence-electron chi connectivity index (χ1n) is 6.42. The maximum absolute atomic E-state index is 12.1. The van der Waals surface area contributed by atoms with Crippen molar-refractivity contribution in [2.75, 3.05) is 25.6 Å². The first-order chi connectivity index (χ1) is 9.90. The monoisotopic (exact) mass is 295 g/mol. The van der Waals surface area contributed by atoms with Crippen LogP contribution in [0.5, 0.6) is 0 Å². The van der Waals surface area contributed by atoms with E-state index in [1.54, 1.807) is 13.8 Å². The average molecular weight is 295 g/mol. The van der Waals surface area contributed by atoms with Crippen LogP contribution in [0.25, 0.3) is 0 Å². The van der Waals surface area contributed by atoms with Crippen molar-refractivity contribution in [3.63, 3.8) is 0 Å². The molecular weight excluding hydrogens is 278 g/mol. The summed E-state index contributed by atoms with van der Waals surface area (Å²) in [5.74, 6) is -1.64. The molecule has 2 N–H and O–H groups in total. The number of carboxylic acid groups (broad SMARTS) is 1. The number of carboxylic acids is 1. The third-order valence-electron chi connectivity index (χ3n) is 3.50. The van der Waals surface area contributed by atoms with Crippen molar-refractivity contribution < 1.29 is 19.4 Å². The Bertz CT molecular complexity index is 565. The lowest BCUT2D eigenvalue weighted by Gasteiger charge is -2.26. The smallest absolute Gasteiger partial charge is 0.324 e. The van der Waals surface area contributed by atoms with E-state index in [-0.39, 0.29) is 19.2 Å². The third kappa shape index (κ3) is 3.24. The molecule has 9 nitrogen and oxygen atoms in total. The molecule has 0 radical (unpaired) electrons. The molecule has 1 aliphatic heterocycles. The first-order valence-corrected chi connectivity index (χ1v) is 6.42. The second-order valence-corrected chi connectivity index (χ2v) is 4.90. The molecule has 0 aromatic carbocycles. The maximum atomic E-state index is 12.1. The van der Waals surface area contributed by atoms with E-state index in [0.29, 0.717) is 11.4 Å². The first kappa shape index (κ1) is 15.1. The van der Waals surface area contributed by atoms with Crippen LogP contribution in [-0.4, -0.2) is 63.5 Å². The Morgan fingerprint density at radius 1 is 1.29 bits per heavy atom. The van der Waals surface area contributed by atoms with Crippen LogP contribution < -0.4 is 5.32 Å². The Hall–Kier alpha value is -2.29. The van der Waals surface area contributed by atoms with Gasteiger partial charge in [0.2, 0.25) is 0 Å². The molecule has 1 aliphatic rings. The maximum Gasteiger partial charge on any atom is 0.324 e. The van der Waals surface area contributed by atoms with Crippen LogP contribution in [0, 0.1) is 19.8 Å². The number of likely N-dealkylation sites (N-methyl/N-ethyl adjacent to an activating group) is 1. The molecule has 9 heteroatoms. The summed E-state index contributed by atoms with van der Waals surface area (Å²) in [7, 11) is 1.51. The van der Waals surface area contributed by atoms with E-state index in [1.165, 1.54) is 11.9 Å². The number of urea groups is 1. The van der Waals surface area contributed by atoms with Crippen LogP contribution in [0.2, 0.25) is 0 Å². The van der Waals surface area contributed by atoms with E-state index in [2.05, 4.69) is 20.5 Å². The zero-order valence-corrected chi connectivity index (χ0v) is 12.0. The molecule has 2 unspecified atom stereocenters. The second kappa shape index (κ2) is 6.00. The quantitative estimate of drug-likeness (QED) is 0.809. The molecule has 1 aromatic heterocycles. The van der Waals surface area contributed by atoms with Crippen molar-refractivity contribution in [2.24, 2.45) is 5.92 Å². The number of nitrogens with one attached hydrogen (secondary N) is 1. The summed E-state index contributed by atoms with van der Waals surface area (Å²) < 4.78 is 5.14. The van der Waals surface area contributed by atoms with Gasteiger partial charge in [0, 0.05) is 7.05 Å². The minimum absolute atomic E-state index is 0.0840. The molecule has 0 spiro atoms. The van der Waals surface area contributed by atoms with Gasteiger partial charge in [-0.15, -0.1) is 5.10 Å². The van der Waals surface area contributed by atoms with Gasteiger partial charge in [-0.05, 0) is 13.8 Å². The van der Waals surface area contributed by atoms with E-state index < -0.39 is 24.0 Å². The Kier molecular flexibility index (Phi) is 4.32. The zero-order chi connectivity index (χ0) is 15.6. The molecule has 21 heavy (non-hydrogen) atoms. The number of hydrogen-bond donors (Lipinski definition) is 2. The van der Waals surface area contributed by atoms with Gasteiger partial charge in [-0.2, -0.15) is 5.10 Å². The molecule has 2 heterocycles. The van der Waals surface area contributed by atoms with Gasteiger partial charge < -0.3 is 14.7 Å². The van der Waals surface area contributed by atoms with Gasteiger partial charge in [-0.1, -0.05) is 0 Å². The van der Waals surface area contributed by atoms with Crippen LogP contribution in [0.1, 0.15) is 11.4 Å². The molecule has 2 rings (SSSR count). The highest BCUT2D eigenvalue weighted by Crippen LogP contribution is 2.19. The molecule has 2 amide bonds. The van der Waals surface area contributed by atoms with Crippen molar-refractivity contribution >= 4 is 17.9 Å². The number of carbonyl (C=O) groups excluding carboxylic acids is 1. The molecular formula is C12H17N5O4. The lowest BCUT2D eigenvalue weighted by molar-refractivity contribution is -0.142. The van der Waals surface area contributed by atoms with Crippen LogP contribution in [0.3, 0.4) is 0 Å². The molecule has 2 atom stereocenters. The fraction of sp³-hybridized carbons (Fsp3) is 0.583. The minimum Gasteiger partial charge on any atom is -0.481 e. The highest BCUT2D eigenvalue weighted by molar-refractivity contribution is 5.88. The van der Waals surface area contributed by atoms with E-state index in [9.17, 15) is 9.59 Å². The van der Waals surface area contributed by atoms with Crippen LogP contribution in [0.15, 0.2) is 0 Å². The summed E-state index contributed by atoms with van der Waals surface area (Å²) in [4.78, 5) is 28.6. The Balaban J connectivity index is 2.05. The molecule has 0 aliphatic carbocycles. The number of hydrogen-bond acceptors (Lipinski definition) is 6. The van der Waals surface area contributed by atoms with Gasteiger partial charge in [-0.25, -0.2) is 9.78 Å². The van der Waals surface area contributed by atoms with Crippen LogP contribution in [-0.2, 0) is 9.53 Å². The number of aromatic nitrogens is 3. The predicted molar refractivity (Wildman–Crippen MR) is 71.8 cm³/mol. The van der Waals surface area contributed by atoms with Crippen LogP contribution >= 0.6 is 0 Å². The second-order valence-electron chi connectivity index (χ2n) is 4.90. The number of rotatable bonds is 3. The SMILES string of the molecule is Cc1nnc(NC(=O)N(C)C2COCC2C(=O)O)nc1C. The zero-order valence-electron chi connectivity index (χ0n) is 12.0. The molecule has 114 valence electrons. The highest BCUT2D eigenvalue weighted by Gasteiger charge is 2.38. The normalized spacial score (nSPS) is 21.1. The van der Waals surface area contributed by atoms with Crippen LogP contribution in [0.4, 0.5) is 10.7 Å². The lowest BCUT2D eigenvalue weighted by atomic mass is 10.0. The Morgan fingerprint density at radius 3 is 2.62 bits per heavy atom. The van der Waals surface area contributed by atoms with E-state index in [0.717, 1.165) is 0 Å². The van der Waals surface area contributed by atoms with E-state index in [1.807, 2.05) is 0 Å². The minimum atomic E-state index is -0.985. The van der Waals surface area contributed by atoms with Crippen molar-refractivity contribution in [3.05, 3.63) is 11.4 Å². The summed E-state index contributed by atoms with van der Waals surface area (Å²) >= 11 is 0. The summed E-state index contributed by atoms with van der Waals surface area (Å²) in [5, 5.41) is 19.2. The molecule has 0 saturated carbocycles. The van der Waals surface area contributed by atoms with E-state index >= 15 is 0 Å². The summed E-state index contributed by atoms with van der Waals surface area (Å²) in [6.45, 7) is 3.81. The molecule has 1 aromatic rings. The summed E-state index contributed by atoms with van der Waals surface area (Å²) in [6, 6.07) is -1.02. The predicted octanol–water partition coefficient (Wildman–Crippen LogP) is 0.0517. The van der Waals surface area contributed by atoms with Gasteiger partial charge in [-0.3, -0.25) is 10.1 Å². The molecule has 1 saturated heterocycles. The van der Waals surface area contributed by atoms with Crippen molar-refractivity contribution in [3.8, 4) is 0 Å².